The average Bonchev–Trinajstić information content (AvgIpc) is 2.93. The van der Waals surface area contributed by atoms with Crippen molar-refractivity contribution >= 4 is 17.7 Å². The summed E-state index contributed by atoms with van der Waals surface area (Å²) in [5.41, 5.74) is 0.648. The van der Waals surface area contributed by atoms with E-state index in [1.54, 1.807) is 12.1 Å². The van der Waals surface area contributed by atoms with Crippen LogP contribution in [0.5, 0.6) is 0 Å². The Labute approximate surface area is 126 Å². The summed E-state index contributed by atoms with van der Waals surface area (Å²) >= 11 is 1.18. The van der Waals surface area contributed by atoms with Gasteiger partial charge in [0.25, 0.3) is 0 Å². The SMILES string of the molecule is CCCc1nc(S[C@H](C(=O)OC)c2ccc(F)cc2)n[nH]1. The lowest BCUT2D eigenvalue weighted by molar-refractivity contribution is -0.140. The molecular formula is C14H16FN3O2S. The van der Waals surface area contributed by atoms with Crippen LogP contribution in [-0.4, -0.2) is 28.3 Å². The number of aromatic amines is 1. The van der Waals surface area contributed by atoms with Gasteiger partial charge in [-0.15, -0.1) is 5.10 Å². The highest BCUT2D eigenvalue weighted by Gasteiger charge is 2.24. The Bertz CT molecular complexity index is 601. The van der Waals surface area contributed by atoms with Gasteiger partial charge in [0.15, 0.2) is 0 Å². The van der Waals surface area contributed by atoms with E-state index < -0.39 is 11.2 Å². The number of hydrogen-bond acceptors (Lipinski definition) is 5. The van der Waals surface area contributed by atoms with E-state index in [-0.39, 0.29) is 5.82 Å². The molecule has 1 N–H and O–H groups in total. The molecule has 1 atom stereocenters. The molecular weight excluding hydrogens is 293 g/mol. The van der Waals surface area contributed by atoms with Crippen LogP contribution < -0.4 is 0 Å². The molecule has 0 radical (unpaired) electrons. The Morgan fingerprint density at radius 1 is 1.43 bits per heavy atom. The average molecular weight is 309 g/mol. The number of rotatable bonds is 6. The standard InChI is InChI=1S/C14H16FN3O2S/c1-3-4-11-16-14(18-17-11)21-12(13(19)20-2)9-5-7-10(15)8-6-9/h5-8,12H,3-4H2,1-2H3,(H,16,17,18)/t12-/m0/s1. The molecule has 2 aromatic rings. The van der Waals surface area contributed by atoms with E-state index in [1.165, 1.54) is 31.0 Å². The normalized spacial score (nSPS) is 12.1. The van der Waals surface area contributed by atoms with E-state index in [0.29, 0.717) is 10.7 Å². The summed E-state index contributed by atoms with van der Waals surface area (Å²) in [6, 6.07) is 5.74. The van der Waals surface area contributed by atoms with Gasteiger partial charge in [-0.2, -0.15) is 0 Å². The highest BCUT2D eigenvalue weighted by atomic mass is 32.2. The number of halogens is 1. The number of aromatic nitrogens is 3. The minimum absolute atomic E-state index is 0.351. The number of methoxy groups -OCH3 is 1. The lowest BCUT2D eigenvalue weighted by Gasteiger charge is -2.12. The number of esters is 1. The van der Waals surface area contributed by atoms with Gasteiger partial charge in [-0.25, -0.2) is 9.37 Å². The van der Waals surface area contributed by atoms with Crippen molar-refractivity contribution in [3.05, 3.63) is 41.5 Å². The van der Waals surface area contributed by atoms with Gasteiger partial charge in [0, 0.05) is 6.42 Å². The van der Waals surface area contributed by atoms with Gasteiger partial charge in [0.05, 0.1) is 7.11 Å². The molecule has 0 spiro atoms. The Balaban J connectivity index is 2.19. The zero-order valence-corrected chi connectivity index (χ0v) is 12.6. The molecule has 1 aromatic heterocycles. The summed E-state index contributed by atoms with van der Waals surface area (Å²) in [5.74, 6) is 0.00617. The zero-order chi connectivity index (χ0) is 15.2. The molecule has 0 aliphatic heterocycles. The Kier molecular flexibility index (Phi) is 5.32. The first-order valence-corrected chi connectivity index (χ1v) is 7.43. The van der Waals surface area contributed by atoms with Crippen LogP contribution in [0.25, 0.3) is 0 Å². The van der Waals surface area contributed by atoms with Crippen LogP contribution in [0.15, 0.2) is 29.4 Å². The number of thioether (sulfide) groups is 1. The second kappa shape index (κ2) is 7.21. The molecule has 1 heterocycles. The number of carbonyl (C=O) groups excluding carboxylic acids is 1. The predicted octanol–water partition coefficient (Wildman–Crippen LogP) is 2.90. The van der Waals surface area contributed by atoms with Crippen molar-refractivity contribution in [2.45, 2.75) is 30.2 Å². The Hall–Kier alpha value is -1.89. The summed E-state index contributed by atoms with van der Waals surface area (Å²) in [5, 5.41) is 6.76. The van der Waals surface area contributed by atoms with Crippen LogP contribution in [0.2, 0.25) is 0 Å². The van der Waals surface area contributed by atoms with E-state index in [0.717, 1.165) is 18.7 Å². The summed E-state index contributed by atoms with van der Waals surface area (Å²) in [7, 11) is 1.32. The van der Waals surface area contributed by atoms with Gasteiger partial charge in [-0.3, -0.25) is 9.89 Å². The summed E-state index contributed by atoms with van der Waals surface area (Å²) in [6.07, 6.45) is 1.75. The van der Waals surface area contributed by atoms with Gasteiger partial charge in [0.2, 0.25) is 5.16 Å². The fourth-order valence-corrected chi connectivity index (χ4v) is 2.74. The molecule has 7 heteroatoms. The second-order valence-electron chi connectivity index (χ2n) is 4.39. The summed E-state index contributed by atoms with van der Waals surface area (Å²) in [6.45, 7) is 2.05. The quantitative estimate of drug-likeness (QED) is 0.656. The minimum Gasteiger partial charge on any atom is -0.468 e. The molecule has 0 saturated heterocycles. The van der Waals surface area contributed by atoms with Crippen molar-refractivity contribution in [3.63, 3.8) is 0 Å². The van der Waals surface area contributed by atoms with Crippen molar-refractivity contribution < 1.29 is 13.9 Å². The maximum Gasteiger partial charge on any atom is 0.323 e. The maximum absolute atomic E-state index is 13.0. The molecule has 5 nitrogen and oxygen atoms in total. The highest BCUT2D eigenvalue weighted by molar-refractivity contribution is 8.00. The van der Waals surface area contributed by atoms with Gasteiger partial charge in [0.1, 0.15) is 16.9 Å². The summed E-state index contributed by atoms with van der Waals surface area (Å²) < 4.78 is 17.8. The number of ether oxygens (including phenoxy) is 1. The molecule has 112 valence electrons. The third kappa shape index (κ3) is 4.04. The van der Waals surface area contributed by atoms with Crippen molar-refractivity contribution in [2.75, 3.05) is 7.11 Å². The van der Waals surface area contributed by atoms with E-state index in [1.807, 2.05) is 6.92 Å². The van der Waals surface area contributed by atoms with Crippen LogP contribution in [0.1, 0.15) is 30.0 Å². The minimum atomic E-state index is -0.624. The Morgan fingerprint density at radius 2 is 2.14 bits per heavy atom. The zero-order valence-electron chi connectivity index (χ0n) is 11.8. The van der Waals surface area contributed by atoms with Crippen molar-refractivity contribution in [2.24, 2.45) is 0 Å². The molecule has 1 aromatic carbocycles. The van der Waals surface area contributed by atoms with Gasteiger partial charge in [-0.05, 0) is 24.1 Å². The van der Waals surface area contributed by atoms with E-state index >= 15 is 0 Å². The lowest BCUT2D eigenvalue weighted by Crippen LogP contribution is -2.11. The molecule has 0 bridgehead atoms. The van der Waals surface area contributed by atoms with Crippen LogP contribution in [-0.2, 0) is 16.0 Å². The predicted molar refractivity (Wildman–Crippen MR) is 77.4 cm³/mol. The van der Waals surface area contributed by atoms with E-state index in [9.17, 15) is 9.18 Å². The van der Waals surface area contributed by atoms with Crippen molar-refractivity contribution in [1.29, 1.82) is 0 Å². The van der Waals surface area contributed by atoms with Gasteiger partial charge >= 0.3 is 5.97 Å². The highest BCUT2D eigenvalue weighted by Crippen LogP contribution is 2.34. The van der Waals surface area contributed by atoms with Crippen LogP contribution in [0.4, 0.5) is 4.39 Å². The largest absolute Gasteiger partial charge is 0.468 e. The molecule has 0 amide bonds. The topological polar surface area (TPSA) is 67.9 Å². The van der Waals surface area contributed by atoms with Crippen LogP contribution >= 0.6 is 11.8 Å². The first-order valence-electron chi connectivity index (χ1n) is 6.55. The number of nitrogens with one attached hydrogen (secondary N) is 1. The molecule has 0 aliphatic carbocycles. The van der Waals surface area contributed by atoms with Gasteiger partial charge < -0.3 is 4.74 Å². The van der Waals surface area contributed by atoms with Gasteiger partial charge in [-0.1, -0.05) is 30.8 Å². The number of carbonyl (C=O) groups is 1. The van der Waals surface area contributed by atoms with Crippen molar-refractivity contribution in [3.8, 4) is 0 Å². The van der Waals surface area contributed by atoms with Crippen molar-refractivity contribution in [1.82, 2.24) is 15.2 Å². The van der Waals surface area contributed by atoms with Crippen LogP contribution in [0.3, 0.4) is 0 Å². The summed E-state index contributed by atoms with van der Waals surface area (Å²) in [4.78, 5) is 16.2. The monoisotopic (exact) mass is 309 g/mol. The number of H-pyrrole nitrogens is 1. The fraction of sp³-hybridized carbons (Fsp3) is 0.357. The third-order valence-electron chi connectivity index (χ3n) is 2.81. The molecule has 0 aliphatic rings. The maximum atomic E-state index is 13.0. The number of hydrogen-bond donors (Lipinski definition) is 1. The Morgan fingerprint density at radius 3 is 2.76 bits per heavy atom. The third-order valence-corrected chi connectivity index (χ3v) is 3.90. The molecule has 2 rings (SSSR count). The molecule has 21 heavy (non-hydrogen) atoms. The smallest absolute Gasteiger partial charge is 0.323 e. The molecule has 0 fully saturated rings. The van der Waals surface area contributed by atoms with Crippen LogP contribution in [0, 0.1) is 5.82 Å². The number of aryl methyl sites for hydroxylation is 1. The van der Waals surface area contributed by atoms with E-state index in [4.69, 9.17) is 4.74 Å². The number of nitrogens with zero attached hydrogens (tertiary/aromatic N) is 2. The number of benzene rings is 1. The fourth-order valence-electron chi connectivity index (χ4n) is 1.78. The molecule has 0 unspecified atom stereocenters. The van der Waals surface area contributed by atoms with E-state index in [2.05, 4.69) is 15.2 Å². The second-order valence-corrected chi connectivity index (χ2v) is 5.46. The first kappa shape index (κ1) is 15.5. The lowest BCUT2D eigenvalue weighted by atomic mass is 10.1. The molecule has 0 saturated carbocycles. The first-order chi connectivity index (χ1) is 10.1.